The highest BCUT2D eigenvalue weighted by Crippen LogP contribution is 2.25. The van der Waals surface area contributed by atoms with E-state index in [-0.39, 0.29) is 12.0 Å². The Morgan fingerprint density at radius 1 is 1.21 bits per heavy atom. The van der Waals surface area contributed by atoms with Crippen LogP contribution in [0.2, 0.25) is 0 Å². The number of guanidine groups is 1. The van der Waals surface area contributed by atoms with Gasteiger partial charge in [0, 0.05) is 12.2 Å². The van der Waals surface area contributed by atoms with Crippen molar-refractivity contribution < 1.29 is 14.3 Å². The van der Waals surface area contributed by atoms with Crippen molar-refractivity contribution in [1.29, 1.82) is 0 Å². The van der Waals surface area contributed by atoms with Gasteiger partial charge in [-0.1, -0.05) is 23.8 Å². The molecule has 6 heteroatoms. The minimum Gasteiger partial charge on any atom is -0.495 e. The minimum absolute atomic E-state index is 0.0899. The smallest absolute Gasteiger partial charge is 0.257 e. The van der Waals surface area contributed by atoms with E-state index in [2.05, 4.69) is 15.6 Å². The molecule has 0 aliphatic carbocycles. The second-order valence-corrected chi connectivity index (χ2v) is 6.98. The molecule has 1 fully saturated rings. The number of aliphatic imine (C=N–C) groups is 1. The van der Waals surface area contributed by atoms with Crippen molar-refractivity contribution >= 4 is 17.6 Å². The van der Waals surface area contributed by atoms with Gasteiger partial charge in [-0.05, 0) is 56.5 Å². The number of hydrogen-bond acceptors (Lipinski definition) is 4. The van der Waals surface area contributed by atoms with Crippen LogP contribution in [0.25, 0.3) is 0 Å². The molecule has 6 nitrogen and oxygen atoms in total. The van der Waals surface area contributed by atoms with Crippen molar-refractivity contribution in [3.8, 4) is 5.75 Å². The molecule has 0 saturated carbocycles. The van der Waals surface area contributed by atoms with Crippen molar-refractivity contribution in [3.63, 3.8) is 0 Å². The van der Waals surface area contributed by atoms with Crippen molar-refractivity contribution in [2.45, 2.75) is 32.8 Å². The van der Waals surface area contributed by atoms with Crippen LogP contribution in [0, 0.1) is 13.8 Å². The standard InChI is InChI=1S/C22H27N3O3/c1-15-6-4-7-17(12-15)21(26)25-22(23-14-18-8-5-11-28-18)24-19-13-16(2)9-10-20(19)27-3/h4,6-7,9-10,12-13,18H,5,8,11,14H2,1-3H3,(H2,23,24,25,26). The summed E-state index contributed by atoms with van der Waals surface area (Å²) in [6, 6.07) is 13.3. The molecule has 0 bridgehead atoms. The molecule has 1 atom stereocenters. The fourth-order valence-corrected chi connectivity index (χ4v) is 3.10. The third-order valence-corrected chi connectivity index (χ3v) is 4.60. The number of benzene rings is 2. The van der Waals surface area contributed by atoms with Gasteiger partial charge < -0.3 is 14.8 Å². The number of ether oxygens (including phenoxy) is 2. The monoisotopic (exact) mass is 381 g/mol. The van der Waals surface area contributed by atoms with Crippen LogP contribution in [0.4, 0.5) is 5.69 Å². The molecular formula is C22H27N3O3. The van der Waals surface area contributed by atoms with Crippen LogP contribution in [0.1, 0.15) is 34.3 Å². The number of anilines is 1. The number of hydrogen-bond donors (Lipinski definition) is 2. The molecule has 2 N–H and O–H groups in total. The maximum Gasteiger partial charge on any atom is 0.257 e. The van der Waals surface area contributed by atoms with Gasteiger partial charge in [-0.3, -0.25) is 10.1 Å². The molecule has 2 aromatic carbocycles. The number of rotatable bonds is 5. The predicted octanol–water partition coefficient (Wildman–Crippen LogP) is 3.69. The van der Waals surface area contributed by atoms with Crippen molar-refractivity contribution in [1.82, 2.24) is 5.32 Å². The van der Waals surface area contributed by atoms with E-state index in [1.54, 1.807) is 13.2 Å². The molecule has 0 radical (unpaired) electrons. The van der Waals surface area contributed by atoms with Crippen molar-refractivity contribution in [2.24, 2.45) is 4.99 Å². The van der Waals surface area contributed by atoms with Crippen LogP contribution in [-0.4, -0.2) is 38.2 Å². The van der Waals surface area contributed by atoms with E-state index in [4.69, 9.17) is 9.47 Å². The Bertz CT molecular complexity index is 858. The van der Waals surface area contributed by atoms with Crippen LogP contribution >= 0.6 is 0 Å². The molecule has 1 unspecified atom stereocenters. The molecule has 3 rings (SSSR count). The molecule has 0 aromatic heterocycles. The largest absolute Gasteiger partial charge is 0.495 e. The summed E-state index contributed by atoms with van der Waals surface area (Å²) < 4.78 is 11.1. The second kappa shape index (κ2) is 9.37. The average molecular weight is 381 g/mol. The van der Waals surface area contributed by atoms with E-state index < -0.39 is 0 Å². The van der Waals surface area contributed by atoms with Crippen LogP contribution < -0.4 is 15.4 Å². The van der Waals surface area contributed by atoms with Gasteiger partial charge in [-0.2, -0.15) is 0 Å². The van der Waals surface area contributed by atoms with Gasteiger partial charge in [0.25, 0.3) is 5.91 Å². The molecule has 1 aliphatic rings. The number of carbonyl (C=O) groups is 1. The fraction of sp³-hybridized carbons (Fsp3) is 0.364. The molecular weight excluding hydrogens is 354 g/mol. The first-order valence-corrected chi connectivity index (χ1v) is 9.51. The van der Waals surface area contributed by atoms with Gasteiger partial charge in [0.1, 0.15) is 5.75 Å². The van der Waals surface area contributed by atoms with Gasteiger partial charge in [0.15, 0.2) is 0 Å². The average Bonchev–Trinajstić information content (AvgIpc) is 3.20. The third-order valence-electron chi connectivity index (χ3n) is 4.60. The summed E-state index contributed by atoms with van der Waals surface area (Å²) in [7, 11) is 1.62. The molecule has 1 heterocycles. The van der Waals surface area contributed by atoms with E-state index in [9.17, 15) is 4.79 Å². The Labute approximate surface area is 166 Å². The molecule has 1 amide bonds. The lowest BCUT2D eigenvalue weighted by Gasteiger charge is -2.16. The lowest BCUT2D eigenvalue weighted by Crippen LogP contribution is -2.37. The fourth-order valence-electron chi connectivity index (χ4n) is 3.10. The first kappa shape index (κ1) is 19.9. The Balaban J connectivity index is 1.81. The Morgan fingerprint density at radius 2 is 2.04 bits per heavy atom. The highest BCUT2D eigenvalue weighted by atomic mass is 16.5. The summed E-state index contributed by atoms with van der Waals surface area (Å²) in [6.07, 6.45) is 2.12. The van der Waals surface area contributed by atoms with Crippen molar-refractivity contribution in [3.05, 3.63) is 59.2 Å². The van der Waals surface area contributed by atoms with E-state index in [0.29, 0.717) is 23.8 Å². The number of aryl methyl sites for hydroxylation is 2. The van der Waals surface area contributed by atoms with Crippen molar-refractivity contribution in [2.75, 3.05) is 25.6 Å². The van der Waals surface area contributed by atoms with Gasteiger partial charge in [0.05, 0.1) is 25.4 Å². The summed E-state index contributed by atoms with van der Waals surface area (Å²) in [4.78, 5) is 17.3. The normalized spacial score (nSPS) is 16.7. The highest BCUT2D eigenvalue weighted by Gasteiger charge is 2.17. The summed E-state index contributed by atoms with van der Waals surface area (Å²) in [5.41, 5.74) is 3.44. The van der Waals surface area contributed by atoms with Gasteiger partial charge in [-0.15, -0.1) is 0 Å². The number of amides is 1. The molecule has 1 saturated heterocycles. The number of nitrogens with zero attached hydrogens (tertiary/aromatic N) is 1. The Kier molecular flexibility index (Phi) is 6.66. The predicted molar refractivity (Wildman–Crippen MR) is 111 cm³/mol. The van der Waals surface area contributed by atoms with E-state index >= 15 is 0 Å². The molecule has 28 heavy (non-hydrogen) atoms. The topological polar surface area (TPSA) is 71.9 Å². The second-order valence-electron chi connectivity index (χ2n) is 6.98. The first-order valence-electron chi connectivity index (χ1n) is 9.51. The zero-order valence-electron chi connectivity index (χ0n) is 16.6. The van der Waals surface area contributed by atoms with Crippen LogP contribution in [0.3, 0.4) is 0 Å². The Morgan fingerprint density at radius 3 is 2.75 bits per heavy atom. The van der Waals surface area contributed by atoms with Crippen LogP contribution in [0.15, 0.2) is 47.5 Å². The Hall–Kier alpha value is -2.86. The third kappa shape index (κ3) is 5.33. The van der Waals surface area contributed by atoms with Gasteiger partial charge in [-0.25, -0.2) is 4.99 Å². The number of methoxy groups -OCH3 is 1. The summed E-state index contributed by atoms with van der Waals surface area (Å²) in [6.45, 7) is 5.22. The van der Waals surface area contributed by atoms with E-state index in [1.165, 1.54) is 0 Å². The summed E-state index contributed by atoms with van der Waals surface area (Å²) in [5.74, 6) is 0.847. The minimum atomic E-state index is -0.214. The zero-order valence-corrected chi connectivity index (χ0v) is 16.6. The highest BCUT2D eigenvalue weighted by molar-refractivity contribution is 6.10. The maximum absolute atomic E-state index is 12.7. The number of carbonyl (C=O) groups excluding carboxylic acids is 1. The lowest BCUT2D eigenvalue weighted by atomic mass is 10.1. The van der Waals surface area contributed by atoms with E-state index in [1.807, 2.05) is 50.2 Å². The van der Waals surface area contributed by atoms with Gasteiger partial charge in [0.2, 0.25) is 5.96 Å². The maximum atomic E-state index is 12.7. The SMILES string of the molecule is COc1ccc(C)cc1NC(=NCC1CCCO1)NC(=O)c1cccc(C)c1. The quantitative estimate of drug-likeness (QED) is 0.612. The molecule has 1 aliphatic heterocycles. The molecule has 2 aromatic rings. The molecule has 148 valence electrons. The summed E-state index contributed by atoms with van der Waals surface area (Å²) in [5, 5.41) is 6.11. The lowest BCUT2D eigenvalue weighted by molar-refractivity contribution is 0.0975. The van der Waals surface area contributed by atoms with Gasteiger partial charge >= 0.3 is 0 Å². The first-order chi connectivity index (χ1) is 13.5. The van der Waals surface area contributed by atoms with Crippen LogP contribution in [0.5, 0.6) is 5.75 Å². The zero-order chi connectivity index (χ0) is 19.9. The molecule has 0 spiro atoms. The number of nitrogens with one attached hydrogen (secondary N) is 2. The van der Waals surface area contributed by atoms with E-state index in [0.717, 1.165) is 36.3 Å². The summed E-state index contributed by atoms with van der Waals surface area (Å²) >= 11 is 0. The van der Waals surface area contributed by atoms with Crippen LogP contribution in [-0.2, 0) is 4.74 Å².